The van der Waals surface area contributed by atoms with Crippen LogP contribution in [0.1, 0.15) is 0 Å². The van der Waals surface area contributed by atoms with Crippen molar-refractivity contribution in [3.05, 3.63) is 57.2 Å². The molecular weight excluding hydrogens is 403 g/mol. The van der Waals surface area contributed by atoms with Gasteiger partial charge in [-0.25, -0.2) is 4.39 Å². The molecule has 2 aromatic carbocycles. The molecule has 2 N–H and O–H groups in total. The maximum absolute atomic E-state index is 14.2. The summed E-state index contributed by atoms with van der Waals surface area (Å²) < 4.78 is 20.9. The molecule has 0 saturated heterocycles. The van der Waals surface area contributed by atoms with Gasteiger partial charge in [0.2, 0.25) is 0 Å². The predicted molar refractivity (Wildman–Crippen MR) is 87.1 cm³/mol. The summed E-state index contributed by atoms with van der Waals surface area (Å²) in [7, 11) is 0. The first-order valence-electron chi connectivity index (χ1n) is 6.03. The van der Waals surface area contributed by atoms with E-state index >= 15 is 0 Å². The molecule has 0 aliphatic heterocycles. The van der Waals surface area contributed by atoms with Crippen LogP contribution in [-0.2, 0) is 0 Å². The Bertz CT molecular complexity index is 797. The molecule has 0 atom stereocenters. The second-order valence-corrected chi connectivity index (χ2v) is 6.15. The summed E-state index contributed by atoms with van der Waals surface area (Å²) in [4.78, 5) is 0. The molecule has 3 rings (SSSR count). The van der Waals surface area contributed by atoms with Crippen LogP contribution in [0.4, 0.5) is 10.2 Å². The lowest BCUT2D eigenvalue weighted by Crippen LogP contribution is -1.91. The zero-order valence-corrected chi connectivity index (χ0v) is 13.8. The van der Waals surface area contributed by atoms with Crippen molar-refractivity contribution in [2.45, 2.75) is 0 Å². The molecule has 21 heavy (non-hydrogen) atoms. The van der Waals surface area contributed by atoms with Crippen LogP contribution in [0.15, 0.2) is 55.9 Å². The van der Waals surface area contributed by atoms with Crippen LogP contribution in [0.2, 0.25) is 0 Å². The third kappa shape index (κ3) is 2.61. The average molecular weight is 412 g/mol. The highest BCUT2D eigenvalue weighted by Gasteiger charge is 2.22. The quantitative estimate of drug-likeness (QED) is 0.626. The fourth-order valence-electron chi connectivity index (χ4n) is 2.11. The Kier molecular flexibility index (Phi) is 3.82. The first kappa shape index (κ1) is 14.3. The second kappa shape index (κ2) is 5.61. The van der Waals surface area contributed by atoms with E-state index in [9.17, 15) is 4.39 Å². The summed E-state index contributed by atoms with van der Waals surface area (Å²) >= 11 is 6.74. The third-order valence-corrected chi connectivity index (χ3v) is 4.18. The van der Waals surface area contributed by atoms with Gasteiger partial charge in [-0.3, -0.25) is 0 Å². The van der Waals surface area contributed by atoms with Gasteiger partial charge in [-0.1, -0.05) is 39.3 Å². The highest BCUT2D eigenvalue weighted by atomic mass is 79.9. The Morgan fingerprint density at radius 1 is 1.05 bits per heavy atom. The number of rotatable bonds is 2. The van der Waals surface area contributed by atoms with Gasteiger partial charge in [-0.15, -0.1) is 0 Å². The van der Waals surface area contributed by atoms with Gasteiger partial charge < -0.3 is 10.3 Å². The molecule has 0 saturated carbocycles. The fraction of sp³-hybridized carbons (Fsp3) is 0. The minimum atomic E-state index is -0.406. The summed E-state index contributed by atoms with van der Waals surface area (Å²) in [5.74, 6) is 0.116. The van der Waals surface area contributed by atoms with Crippen molar-refractivity contribution in [1.82, 2.24) is 5.16 Å². The molecule has 0 aliphatic carbocycles. The molecule has 1 aromatic heterocycles. The van der Waals surface area contributed by atoms with Gasteiger partial charge in [-0.05, 0) is 45.8 Å². The second-order valence-electron chi connectivity index (χ2n) is 4.38. The first-order valence-corrected chi connectivity index (χ1v) is 7.62. The van der Waals surface area contributed by atoms with E-state index in [1.807, 2.05) is 24.3 Å². The smallest absolute Gasteiger partial charge is 0.181 e. The van der Waals surface area contributed by atoms with Crippen molar-refractivity contribution < 1.29 is 8.91 Å². The number of nitrogens with two attached hydrogens (primary N) is 1. The Labute approximate surface area is 137 Å². The number of hydrogen-bond acceptors (Lipinski definition) is 3. The Hall–Kier alpha value is -1.66. The molecule has 0 fully saturated rings. The van der Waals surface area contributed by atoms with Crippen LogP contribution >= 0.6 is 31.9 Å². The van der Waals surface area contributed by atoms with E-state index in [4.69, 9.17) is 10.3 Å². The zero-order chi connectivity index (χ0) is 15.0. The highest BCUT2D eigenvalue weighted by molar-refractivity contribution is 9.10. The van der Waals surface area contributed by atoms with Crippen molar-refractivity contribution in [3.63, 3.8) is 0 Å². The number of benzene rings is 2. The van der Waals surface area contributed by atoms with E-state index < -0.39 is 5.82 Å². The zero-order valence-electron chi connectivity index (χ0n) is 10.6. The summed E-state index contributed by atoms with van der Waals surface area (Å²) in [6.45, 7) is 0. The summed E-state index contributed by atoms with van der Waals surface area (Å²) in [5, 5.41) is 3.78. The fourth-order valence-corrected chi connectivity index (χ4v) is 3.03. The topological polar surface area (TPSA) is 52.0 Å². The van der Waals surface area contributed by atoms with E-state index in [-0.39, 0.29) is 5.82 Å². The normalized spacial score (nSPS) is 10.8. The molecule has 3 nitrogen and oxygen atoms in total. The molecular formula is C15H9Br2FN2O. The van der Waals surface area contributed by atoms with Crippen LogP contribution in [0.3, 0.4) is 0 Å². The maximum atomic E-state index is 14.2. The third-order valence-electron chi connectivity index (χ3n) is 3.02. The van der Waals surface area contributed by atoms with E-state index in [0.717, 1.165) is 10.0 Å². The molecule has 0 spiro atoms. The first-order chi connectivity index (χ1) is 10.1. The maximum Gasteiger partial charge on any atom is 0.181 e. The van der Waals surface area contributed by atoms with E-state index in [2.05, 4.69) is 37.0 Å². The van der Waals surface area contributed by atoms with Crippen LogP contribution in [-0.4, -0.2) is 5.16 Å². The number of nitrogen functional groups attached to an aromatic ring is 1. The molecule has 6 heteroatoms. The van der Waals surface area contributed by atoms with Gasteiger partial charge in [0.05, 0.1) is 11.1 Å². The van der Waals surface area contributed by atoms with Gasteiger partial charge in [0.25, 0.3) is 0 Å². The largest absolute Gasteiger partial charge is 0.380 e. The van der Waals surface area contributed by atoms with Crippen LogP contribution in [0.25, 0.3) is 22.5 Å². The van der Waals surface area contributed by atoms with Crippen LogP contribution < -0.4 is 5.73 Å². The SMILES string of the molecule is Nc1noc(-c2c(F)cccc2Br)c1-c1cccc(Br)c1. The summed E-state index contributed by atoms with van der Waals surface area (Å²) in [5.41, 5.74) is 7.58. The van der Waals surface area contributed by atoms with E-state index in [1.165, 1.54) is 6.07 Å². The molecule has 0 bridgehead atoms. The lowest BCUT2D eigenvalue weighted by molar-refractivity contribution is 0.433. The standard InChI is InChI=1S/C15H9Br2FN2O/c16-9-4-1-3-8(7-9)12-14(21-20-15(12)19)13-10(17)5-2-6-11(13)18/h1-7H,(H2,19,20). The van der Waals surface area contributed by atoms with Crippen molar-refractivity contribution in [1.29, 1.82) is 0 Å². The van der Waals surface area contributed by atoms with Crippen LogP contribution in [0.5, 0.6) is 0 Å². The van der Waals surface area contributed by atoms with Crippen molar-refractivity contribution >= 4 is 37.7 Å². The van der Waals surface area contributed by atoms with Crippen LogP contribution in [0, 0.1) is 5.82 Å². The molecule has 3 aromatic rings. The number of nitrogens with zero attached hydrogens (tertiary/aromatic N) is 1. The Morgan fingerprint density at radius 3 is 2.52 bits per heavy atom. The van der Waals surface area contributed by atoms with Gasteiger partial charge in [-0.2, -0.15) is 0 Å². The monoisotopic (exact) mass is 410 g/mol. The van der Waals surface area contributed by atoms with Crippen molar-refractivity contribution in [2.24, 2.45) is 0 Å². The minimum absolute atomic E-state index is 0.221. The molecule has 0 amide bonds. The number of anilines is 1. The highest BCUT2D eigenvalue weighted by Crippen LogP contribution is 2.41. The molecule has 0 radical (unpaired) electrons. The molecule has 106 valence electrons. The molecule has 1 heterocycles. The van der Waals surface area contributed by atoms with Gasteiger partial charge >= 0.3 is 0 Å². The number of aromatic nitrogens is 1. The van der Waals surface area contributed by atoms with Crippen molar-refractivity contribution in [2.75, 3.05) is 5.73 Å². The lowest BCUT2D eigenvalue weighted by atomic mass is 10.0. The molecule has 0 aliphatic rings. The van der Waals surface area contributed by atoms with E-state index in [1.54, 1.807) is 12.1 Å². The van der Waals surface area contributed by atoms with Gasteiger partial charge in [0, 0.05) is 8.95 Å². The summed E-state index contributed by atoms with van der Waals surface area (Å²) in [6, 6.07) is 12.2. The van der Waals surface area contributed by atoms with E-state index in [0.29, 0.717) is 21.4 Å². The molecule has 0 unspecified atom stereocenters. The number of halogens is 3. The lowest BCUT2D eigenvalue weighted by Gasteiger charge is -2.06. The Morgan fingerprint density at radius 2 is 1.81 bits per heavy atom. The number of hydrogen-bond donors (Lipinski definition) is 1. The minimum Gasteiger partial charge on any atom is -0.380 e. The van der Waals surface area contributed by atoms with Crippen molar-refractivity contribution in [3.8, 4) is 22.5 Å². The van der Waals surface area contributed by atoms with Gasteiger partial charge in [0.15, 0.2) is 11.6 Å². The summed E-state index contributed by atoms with van der Waals surface area (Å²) in [6.07, 6.45) is 0. The Balaban J connectivity index is 2.27. The average Bonchev–Trinajstić information content (AvgIpc) is 2.80. The predicted octanol–water partition coefficient (Wildman–Crippen LogP) is 5.25. The van der Waals surface area contributed by atoms with Gasteiger partial charge in [0.1, 0.15) is 5.82 Å².